The van der Waals surface area contributed by atoms with E-state index in [2.05, 4.69) is 70.0 Å². The molecule has 0 spiro atoms. The first kappa shape index (κ1) is 16.4. The van der Waals surface area contributed by atoms with Crippen LogP contribution in [0.4, 0.5) is 5.69 Å². The van der Waals surface area contributed by atoms with E-state index < -0.39 is 0 Å². The zero-order chi connectivity index (χ0) is 15.6. The first-order chi connectivity index (χ1) is 9.85. The first-order valence-electron chi connectivity index (χ1n) is 8.49. The Morgan fingerprint density at radius 2 is 2.05 bits per heavy atom. The zero-order valence-electron chi connectivity index (χ0n) is 14.7. The maximum Gasteiger partial charge on any atom is 0.0406 e. The van der Waals surface area contributed by atoms with Crippen molar-refractivity contribution in [2.45, 2.75) is 78.4 Å². The molecule has 2 nitrogen and oxygen atoms in total. The van der Waals surface area contributed by atoms with Crippen molar-refractivity contribution < 1.29 is 0 Å². The van der Waals surface area contributed by atoms with Crippen molar-refractivity contribution in [2.75, 3.05) is 11.4 Å². The van der Waals surface area contributed by atoms with Crippen LogP contribution in [-0.4, -0.2) is 18.1 Å². The van der Waals surface area contributed by atoms with Crippen LogP contribution in [0.25, 0.3) is 0 Å². The van der Waals surface area contributed by atoms with Gasteiger partial charge in [0.25, 0.3) is 0 Å². The van der Waals surface area contributed by atoms with E-state index in [0.717, 1.165) is 13.1 Å². The minimum Gasteiger partial charge on any atom is -0.366 e. The van der Waals surface area contributed by atoms with E-state index in [0.29, 0.717) is 12.0 Å². The van der Waals surface area contributed by atoms with E-state index in [1.165, 1.54) is 29.7 Å². The summed E-state index contributed by atoms with van der Waals surface area (Å²) in [7, 11) is 0. The molecule has 2 heteroatoms. The molecule has 1 aromatic carbocycles. The van der Waals surface area contributed by atoms with Gasteiger partial charge in [-0.3, -0.25) is 0 Å². The van der Waals surface area contributed by atoms with Crippen LogP contribution in [-0.2, 0) is 6.54 Å². The Balaban J connectivity index is 2.31. The summed E-state index contributed by atoms with van der Waals surface area (Å²) in [5, 5.41) is 3.52. The van der Waals surface area contributed by atoms with Gasteiger partial charge in [-0.2, -0.15) is 0 Å². The highest BCUT2D eigenvalue weighted by Crippen LogP contribution is 2.43. The standard InChI is InChI=1S/C19H32N2/c1-7-10-21-18-9-8-16(13-20-14(2)3)11-17(18)15(4)12-19(21,5)6/h8-9,11,14-15,20H,7,10,12-13H2,1-6H3/t15-/m0/s1. The summed E-state index contributed by atoms with van der Waals surface area (Å²) >= 11 is 0. The van der Waals surface area contributed by atoms with Crippen molar-refractivity contribution in [2.24, 2.45) is 0 Å². The zero-order valence-corrected chi connectivity index (χ0v) is 14.7. The second kappa shape index (κ2) is 6.39. The van der Waals surface area contributed by atoms with Crippen molar-refractivity contribution in [3.63, 3.8) is 0 Å². The highest BCUT2D eigenvalue weighted by atomic mass is 15.2. The van der Waals surface area contributed by atoms with Crippen molar-refractivity contribution in [3.8, 4) is 0 Å². The summed E-state index contributed by atoms with van der Waals surface area (Å²) < 4.78 is 0. The predicted molar refractivity (Wildman–Crippen MR) is 93.2 cm³/mol. The number of hydrogen-bond acceptors (Lipinski definition) is 2. The average Bonchev–Trinajstić information content (AvgIpc) is 2.40. The molecule has 21 heavy (non-hydrogen) atoms. The van der Waals surface area contributed by atoms with Gasteiger partial charge in [-0.25, -0.2) is 0 Å². The summed E-state index contributed by atoms with van der Waals surface area (Å²) in [6.45, 7) is 15.9. The summed E-state index contributed by atoms with van der Waals surface area (Å²) in [6, 6.07) is 7.60. The third kappa shape index (κ3) is 3.60. The molecule has 1 heterocycles. The Bertz CT molecular complexity index is 476. The third-order valence-electron chi connectivity index (χ3n) is 4.61. The van der Waals surface area contributed by atoms with Crippen molar-refractivity contribution in [1.29, 1.82) is 0 Å². The van der Waals surface area contributed by atoms with E-state index in [1.807, 2.05) is 0 Å². The molecule has 0 amide bonds. The van der Waals surface area contributed by atoms with Gasteiger partial charge in [-0.15, -0.1) is 0 Å². The van der Waals surface area contributed by atoms with Crippen molar-refractivity contribution >= 4 is 5.69 Å². The molecule has 0 aliphatic carbocycles. The predicted octanol–water partition coefficient (Wildman–Crippen LogP) is 4.69. The monoisotopic (exact) mass is 288 g/mol. The SMILES string of the molecule is CCCN1c2ccc(CNC(C)C)cc2[C@@H](C)CC1(C)C. The van der Waals surface area contributed by atoms with E-state index in [9.17, 15) is 0 Å². The Hall–Kier alpha value is -1.02. The van der Waals surface area contributed by atoms with Gasteiger partial charge in [0.15, 0.2) is 0 Å². The summed E-state index contributed by atoms with van der Waals surface area (Å²) in [5.41, 5.74) is 4.66. The van der Waals surface area contributed by atoms with E-state index >= 15 is 0 Å². The van der Waals surface area contributed by atoms with Gasteiger partial charge in [0.1, 0.15) is 0 Å². The molecule has 0 unspecified atom stereocenters. The Morgan fingerprint density at radius 3 is 2.67 bits per heavy atom. The van der Waals surface area contributed by atoms with Gasteiger partial charge in [-0.05, 0) is 49.8 Å². The van der Waals surface area contributed by atoms with Crippen molar-refractivity contribution in [1.82, 2.24) is 5.32 Å². The molecule has 0 aromatic heterocycles. The first-order valence-corrected chi connectivity index (χ1v) is 8.49. The minimum atomic E-state index is 0.264. The number of benzene rings is 1. The van der Waals surface area contributed by atoms with Crippen LogP contribution >= 0.6 is 0 Å². The maximum absolute atomic E-state index is 3.52. The molecule has 1 atom stereocenters. The molecule has 2 rings (SSSR count). The molecular weight excluding hydrogens is 256 g/mol. The third-order valence-corrected chi connectivity index (χ3v) is 4.61. The molecular formula is C19H32N2. The smallest absolute Gasteiger partial charge is 0.0406 e. The second-order valence-electron chi connectivity index (χ2n) is 7.50. The lowest BCUT2D eigenvalue weighted by atomic mass is 9.79. The number of rotatable bonds is 5. The second-order valence-corrected chi connectivity index (χ2v) is 7.50. The normalized spacial score (nSPS) is 20.7. The molecule has 0 saturated carbocycles. The van der Waals surface area contributed by atoms with Gasteiger partial charge < -0.3 is 10.2 Å². The van der Waals surface area contributed by atoms with Crippen LogP contribution in [0.3, 0.4) is 0 Å². The highest BCUT2D eigenvalue weighted by molar-refractivity contribution is 5.60. The van der Waals surface area contributed by atoms with Crippen LogP contribution in [0.15, 0.2) is 18.2 Å². The fourth-order valence-corrected chi connectivity index (χ4v) is 3.62. The van der Waals surface area contributed by atoms with E-state index in [1.54, 1.807) is 0 Å². The van der Waals surface area contributed by atoms with E-state index in [-0.39, 0.29) is 5.54 Å². The summed E-state index contributed by atoms with van der Waals surface area (Å²) in [4.78, 5) is 2.61. The van der Waals surface area contributed by atoms with Crippen LogP contribution in [0.5, 0.6) is 0 Å². The molecule has 0 bridgehead atoms. The Kier molecular flexibility index (Phi) is 4.98. The average molecular weight is 288 g/mol. The lowest BCUT2D eigenvalue weighted by molar-refractivity contribution is 0.376. The molecule has 0 saturated heterocycles. The fourth-order valence-electron chi connectivity index (χ4n) is 3.62. The number of anilines is 1. The molecule has 0 radical (unpaired) electrons. The molecule has 1 aromatic rings. The van der Waals surface area contributed by atoms with Gasteiger partial charge in [0, 0.05) is 30.4 Å². The van der Waals surface area contributed by atoms with Crippen molar-refractivity contribution in [3.05, 3.63) is 29.3 Å². The number of nitrogens with one attached hydrogen (secondary N) is 1. The summed E-state index contributed by atoms with van der Waals surface area (Å²) in [6.07, 6.45) is 2.44. The van der Waals surface area contributed by atoms with E-state index in [4.69, 9.17) is 0 Å². The van der Waals surface area contributed by atoms with Gasteiger partial charge in [0.05, 0.1) is 0 Å². The Labute approximate surface area is 130 Å². The van der Waals surface area contributed by atoms with Gasteiger partial charge in [-0.1, -0.05) is 39.8 Å². The minimum absolute atomic E-state index is 0.264. The molecule has 1 N–H and O–H groups in total. The number of fused-ring (bicyclic) bond motifs is 1. The van der Waals surface area contributed by atoms with Gasteiger partial charge in [0.2, 0.25) is 0 Å². The lowest BCUT2D eigenvalue weighted by Gasteiger charge is -2.47. The highest BCUT2D eigenvalue weighted by Gasteiger charge is 2.35. The van der Waals surface area contributed by atoms with Gasteiger partial charge >= 0.3 is 0 Å². The van der Waals surface area contributed by atoms with Crippen LogP contribution in [0, 0.1) is 0 Å². The topological polar surface area (TPSA) is 15.3 Å². The molecule has 1 aliphatic rings. The molecule has 118 valence electrons. The quantitative estimate of drug-likeness (QED) is 0.846. The number of hydrogen-bond donors (Lipinski definition) is 1. The molecule has 1 aliphatic heterocycles. The van der Waals surface area contributed by atoms with Crippen LogP contribution in [0.2, 0.25) is 0 Å². The Morgan fingerprint density at radius 1 is 1.33 bits per heavy atom. The van der Waals surface area contributed by atoms with Crippen LogP contribution in [0.1, 0.15) is 71.4 Å². The number of nitrogens with zero attached hydrogens (tertiary/aromatic N) is 1. The molecule has 0 fully saturated rings. The lowest BCUT2D eigenvalue weighted by Crippen LogP contribution is -2.48. The maximum atomic E-state index is 3.52. The van der Waals surface area contributed by atoms with Crippen LogP contribution < -0.4 is 10.2 Å². The largest absolute Gasteiger partial charge is 0.366 e. The fraction of sp³-hybridized carbons (Fsp3) is 0.684. The summed E-state index contributed by atoms with van der Waals surface area (Å²) in [5.74, 6) is 0.641.